The Bertz CT molecular complexity index is 412. The van der Waals surface area contributed by atoms with Crippen LogP contribution < -0.4 is 21.5 Å². The van der Waals surface area contributed by atoms with Crippen LogP contribution in [0.15, 0.2) is 0 Å². The molecule has 8 heteroatoms. The molecular weight excluding hydrogens is 302 g/mol. The van der Waals surface area contributed by atoms with Gasteiger partial charge in [0.1, 0.15) is 12.6 Å². The Morgan fingerprint density at radius 1 is 0.957 bits per heavy atom. The highest BCUT2D eigenvalue weighted by Gasteiger charge is 2.27. The molecule has 0 spiro atoms. The van der Waals surface area contributed by atoms with Crippen molar-refractivity contribution >= 4 is 17.8 Å². The minimum absolute atomic E-state index is 0.0648. The zero-order chi connectivity index (χ0) is 18.2. The van der Waals surface area contributed by atoms with E-state index in [9.17, 15) is 19.5 Å². The van der Waals surface area contributed by atoms with E-state index in [-0.39, 0.29) is 18.3 Å². The fourth-order valence-corrected chi connectivity index (χ4v) is 2.03. The lowest BCUT2D eigenvalue weighted by molar-refractivity contribution is -0.409. The summed E-state index contributed by atoms with van der Waals surface area (Å²) in [5, 5.41) is 25.0. The predicted molar refractivity (Wildman–Crippen MR) is 81.5 cm³/mol. The van der Waals surface area contributed by atoms with Crippen LogP contribution in [0.1, 0.15) is 40.5 Å². The highest BCUT2D eigenvalue weighted by molar-refractivity contribution is 5.91. The van der Waals surface area contributed by atoms with Crippen LogP contribution in [0.2, 0.25) is 0 Å². The molecule has 0 aromatic rings. The second-order valence-corrected chi connectivity index (χ2v) is 6.58. The number of carbonyl (C=O) groups is 3. The first-order valence-corrected chi connectivity index (χ1v) is 7.83. The van der Waals surface area contributed by atoms with E-state index in [0.29, 0.717) is 6.42 Å². The third kappa shape index (κ3) is 8.51. The van der Waals surface area contributed by atoms with Crippen LogP contribution in [-0.4, -0.2) is 47.6 Å². The molecule has 2 amide bonds. The predicted octanol–water partition coefficient (Wildman–Crippen LogP) is -2.60. The maximum Gasteiger partial charge on any atom is 0.281 e. The molecule has 0 radical (unpaired) electrons. The average Bonchev–Trinajstić information content (AvgIpc) is 2.43. The molecule has 0 heterocycles. The molecule has 0 bridgehead atoms. The van der Waals surface area contributed by atoms with Crippen LogP contribution >= 0.6 is 0 Å². The van der Waals surface area contributed by atoms with Crippen molar-refractivity contribution in [1.82, 2.24) is 10.6 Å². The highest BCUT2D eigenvalue weighted by atomic mass is 16.4. The average molecular weight is 331 g/mol. The zero-order valence-corrected chi connectivity index (χ0v) is 14.3. The van der Waals surface area contributed by atoms with E-state index in [4.69, 9.17) is 5.11 Å². The molecule has 23 heavy (non-hydrogen) atoms. The lowest BCUT2D eigenvalue weighted by atomic mass is 10.0. The van der Waals surface area contributed by atoms with Crippen molar-refractivity contribution in [3.63, 3.8) is 0 Å². The molecule has 6 N–H and O–H groups in total. The van der Waals surface area contributed by atoms with E-state index in [2.05, 4.69) is 16.4 Å². The summed E-state index contributed by atoms with van der Waals surface area (Å²) in [5.74, 6) is -2.31. The second-order valence-electron chi connectivity index (χ2n) is 6.58. The van der Waals surface area contributed by atoms with Crippen LogP contribution in [-0.2, 0) is 14.4 Å². The van der Waals surface area contributed by atoms with Crippen LogP contribution in [0.4, 0.5) is 0 Å². The third-order valence-corrected chi connectivity index (χ3v) is 3.24. The number of carboxylic acid groups (broad SMARTS) is 1. The van der Waals surface area contributed by atoms with Crippen molar-refractivity contribution in [2.24, 2.45) is 11.8 Å². The van der Waals surface area contributed by atoms with Gasteiger partial charge in [-0.25, -0.2) is 0 Å². The Labute approximate surface area is 136 Å². The first-order chi connectivity index (χ1) is 10.6. The highest BCUT2D eigenvalue weighted by Crippen LogP contribution is 2.08. The smallest absolute Gasteiger partial charge is 0.281 e. The lowest BCUT2D eigenvalue weighted by Crippen LogP contribution is -2.70. The number of hydrogen-bond acceptors (Lipinski definition) is 5. The van der Waals surface area contributed by atoms with E-state index < -0.39 is 42.5 Å². The van der Waals surface area contributed by atoms with Crippen molar-refractivity contribution in [3.05, 3.63) is 0 Å². The Balaban J connectivity index is 4.97. The van der Waals surface area contributed by atoms with Crippen LogP contribution in [0.3, 0.4) is 0 Å². The standard InChI is InChI=1S/C15H29N3O5/c1-8(2)5-11(17-13(20)10(16)7-19)14(21)18-12(15(22)23)6-9(3)4/h8-12,19H,5-7,16H2,1-4H3,(H,17,20)(H,18,21)(H,22,23)/t10-,11-,12-/m0/s1. The maximum atomic E-state index is 12.3. The third-order valence-electron chi connectivity index (χ3n) is 3.24. The minimum atomic E-state index is -1.35. The summed E-state index contributed by atoms with van der Waals surface area (Å²) in [6, 6.07) is -2.88. The lowest BCUT2D eigenvalue weighted by Gasteiger charge is -2.26. The molecular formula is C15H29N3O5. The van der Waals surface area contributed by atoms with Crippen molar-refractivity contribution in [2.75, 3.05) is 6.61 Å². The quantitative estimate of drug-likeness (QED) is 0.347. The fraction of sp³-hybridized carbons (Fsp3) is 0.800. The van der Waals surface area contributed by atoms with Crippen molar-refractivity contribution in [2.45, 2.75) is 58.7 Å². The number of carboxylic acids is 1. The number of aliphatic carboxylic acids is 1. The number of hydrogen-bond donors (Lipinski definition) is 4. The van der Waals surface area contributed by atoms with Gasteiger partial charge >= 0.3 is 0 Å². The number of aliphatic hydroxyl groups is 1. The molecule has 8 nitrogen and oxygen atoms in total. The Hall–Kier alpha value is -1.67. The van der Waals surface area contributed by atoms with Gasteiger partial charge in [0.05, 0.1) is 12.0 Å². The van der Waals surface area contributed by atoms with Gasteiger partial charge in [0.15, 0.2) is 6.04 Å². The first-order valence-electron chi connectivity index (χ1n) is 7.83. The number of aliphatic hydroxyl groups excluding tert-OH is 1. The number of quaternary nitrogens is 1. The van der Waals surface area contributed by atoms with Gasteiger partial charge in [0.2, 0.25) is 5.91 Å². The molecule has 0 rings (SSSR count). The van der Waals surface area contributed by atoms with Gasteiger partial charge in [0, 0.05) is 0 Å². The van der Waals surface area contributed by atoms with Crippen LogP contribution in [0, 0.1) is 11.8 Å². The Kier molecular flexibility index (Phi) is 9.43. The van der Waals surface area contributed by atoms with Crippen molar-refractivity contribution in [1.29, 1.82) is 0 Å². The van der Waals surface area contributed by atoms with E-state index >= 15 is 0 Å². The summed E-state index contributed by atoms with van der Waals surface area (Å²) >= 11 is 0. The summed E-state index contributed by atoms with van der Waals surface area (Å²) in [6.07, 6.45) is 0.586. The van der Waals surface area contributed by atoms with E-state index in [1.165, 1.54) is 0 Å². The summed E-state index contributed by atoms with van der Waals surface area (Å²) in [6.45, 7) is 7.00. The summed E-state index contributed by atoms with van der Waals surface area (Å²) in [4.78, 5) is 35.3. The van der Waals surface area contributed by atoms with Gasteiger partial charge in [0.25, 0.3) is 5.91 Å². The summed E-state index contributed by atoms with van der Waals surface area (Å²) in [7, 11) is 0. The zero-order valence-electron chi connectivity index (χ0n) is 14.3. The monoisotopic (exact) mass is 331 g/mol. The Morgan fingerprint density at radius 3 is 1.78 bits per heavy atom. The summed E-state index contributed by atoms with van der Waals surface area (Å²) < 4.78 is 0. The van der Waals surface area contributed by atoms with Gasteiger partial charge in [-0.05, 0) is 24.7 Å². The van der Waals surface area contributed by atoms with Crippen LogP contribution in [0.25, 0.3) is 0 Å². The normalized spacial score (nSPS) is 15.1. The largest absolute Gasteiger partial charge is 0.548 e. The van der Waals surface area contributed by atoms with Gasteiger partial charge in [-0.2, -0.15) is 0 Å². The van der Waals surface area contributed by atoms with Gasteiger partial charge in [-0.3, -0.25) is 9.59 Å². The fourth-order valence-electron chi connectivity index (χ4n) is 2.03. The molecule has 0 fully saturated rings. The molecule has 0 aliphatic rings. The second kappa shape index (κ2) is 10.2. The maximum absolute atomic E-state index is 12.3. The molecule has 0 aromatic carbocycles. The molecule has 0 aromatic heterocycles. The first kappa shape index (κ1) is 21.3. The summed E-state index contributed by atoms with van der Waals surface area (Å²) in [5.41, 5.74) is 3.48. The van der Waals surface area contributed by atoms with Crippen LogP contribution in [0.5, 0.6) is 0 Å². The number of nitrogens with one attached hydrogen (secondary N) is 2. The number of rotatable bonds is 10. The molecule has 0 saturated carbocycles. The molecule has 134 valence electrons. The molecule has 0 unspecified atom stereocenters. The van der Waals surface area contributed by atoms with E-state index in [1.54, 1.807) is 0 Å². The van der Waals surface area contributed by atoms with Gasteiger partial charge in [-0.15, -0.1) is 0 Å². The van der Waals surface area contributed by atoms with E-state index in [0.717, 1.165) is 0 Å². The molecule has 3 atom stereocenters. The Morgan fingerprint density at radius 2 is 1.39 bits per heavy atom. The number of carbonyl (C=O) groups excluding carboxylic acids is 3. The number of amides is 2. The molecule has 0 aliphatic carbocycles. The minimum Gasteiger partial charge on any atom is -0.548 e. The molecule has 0 aliphatic heterocycles. The topological polar surface area (TPSA) is 146 Å². The van der Waals surface area contributed by atoms with Crippen molar-refractivity contribution < 1.29 is 30.3 Å². The van der Waals surface area contributed by atoms with E-state index in [1.807, 2.05) is 27.7 Å². The van der Waals surface area contributed by atoms with Gasteiger partial charge < -0.3 is 31.4 Å². The van der Waals surface area contributed by atoms with Gasteiger partial charge in [-0.1, -0.05) is 27.7 Å². The SMILES string of the molecule is CC(C)C[C@H](NC(=O)[C@H](CC(C)C)NC(=O)[C@@H]([NH3+])CO)C(=O)[O-]. The molecule has 0 saturated heterocycles. The van der Waals surface area contributed by atoms with Crippen molar-refractivity contribution in [3.8, 4) is 0 Å².